The number of nitrogens with one attached hydrogen (secondary N) is 1. The van der Waals surface area contributed by atoms with E-state index >= 15 is 0 Å². The highest BCUT2D eigenvalue weighted by atomic mass is 16.6. The van der Waals surface area contributed by atoms with Crippen molar-refractivity contribution in [3.8, 4) is 0 Å². The second-order valence-electron chi connectivity index (χ2n) is 5.40. The first-order chi connectivity index (χ1) is 11.1. The lowest BCUT2D eigenvalue weighted by Crippen LogP contribution is -2.34. The van der Waals surface area contributed by atoms with Crippen LogP contribution in [0.15, 0.2) is 48.8 Å². The number of carbonyl (C=O) groups is 2. The number of rotatable bonds is 4. The lowest BCUT2D eigenvalue weighted by atomic mass is 10.2. The molecule has 23 heavy (non-hydrogen) atoms. The predicted octanol–water partition coefficient (Wildman–Crippen LogP) is 2.15. The summed E-state index contributed by atoms with van der Waals surface area (Å²) in [5, 5.41) is 2.77. The van der Waals surface area contributed by atoms with Crippen molar-refractivity contribution in [2.45, 2.75) is 13.0 Å². The Morgan fingerprint density at radius 3 is 2.65 bits per heavy atom. The average molecular weight is 311 g/mol. The number of anilines is 1. The van der Waals surface area contributed by atoms with Crippen LogP contribution in [-0.4, -0.2) is 36.2 Å². The smallest absolute Gasteiger partial charge is 0.414 e. The zero-order chi connectivity index (χ0) is 16.2. The molecule has 0 bridgehead atoms. The molecule has 1 atom stereocenters. The molecule has 0 spiro atoms. The molecule has 1 unspecified atom stereocenters. The number of benzene rings is 1. The van der Waals surface area contributed by atoms with E-state index in [2.05, 4.69) is 10.3 Å². The van der Waals surface area contributed by atoms with Crippen LogP contribution in [0.3, 0.4) is 0 Å². The van der Waals surface area contributed by atoms with Gasteiger partial charge in [-0.3, -0.25) is 14.7 Å². The quantitative estimate of drug-likeness (QED) is 0.939. The van der Waals surface area contributed by atoms with Gasteiger partial charge >= 0.3 is 6.09 Å². The Labute approximate surface area is 134 Å². The van der Waals surface area contributed by atoms with E-state index in [9.17, 15) is 9.59 Å². The van der Waals surface area contributed by atoms with Crippen LogP contribution in [0.5, 0.6) is 0 Å². The molecule has 1 saturated heterocycles. The van der Waals surface area contributed by atoms with Crippen molar-refractivity contribution >= 4 is 17.7 Å². The first kappa shape index (κ1) is 15.0. The van der Waals surface area contributed by atoms with Gasteiger partial charge in [0.15, 0.2) is 0 Å². The van der Waals surface area contributed by atoms with Crippen molar-refractivity contribution in [2.75, 3.05) is 18.0 Å². The van der Waals surface area contributed by atoms with Gasteiger partial charge in [-0.25, -0.2) is 4.79 Å². The van der Waals surface area contributed by atoms with Gasteiger partial charge in [-0.2, -0.15) is 0 Å². The van der Waals surface area contributed by atoms with Gasteiger partial charge in [0.05, 0.1) is 13.1 Å². The summed E-state index contributed by atoms with van der Waals surface area (Å²) in [7, 11) is 0. The van der Waals surface area contributed by atoms with E-state index in [1.165, 1.54) is 0 Å². The molecule has 1 aliphatic heterocycles. The van der Waals surface area contributed by atoms with Crippen LogP contribution >= 0.6 is 0 Å². The maximum atomic E-state index is 12.0. The standard InChI is InChI=1S/C17H17N3O3/c1-12-2-4-14(5-3-12)20-11-15(23-17(20)22)10-19-16(21)13-6-8-18-9-7-13/h2-9,15H,10-11H2,1H3,(H,19,21). The lowest BCUT2D eigenvalue weighted by molar-refractivity contribution is 0.0916. The van der Waals surface area contributed by atoms with Crippen molar-refractivity contribution in [3.63, 3.8) is 0 Å². The molecule has 1 fully saturated rings. The molecule has 3 rings (SSSR count). The molecule has 6 nitrogen and oxygen atoms in total. The van der Waals surface area contributed by atoms with Crippen LogP contribution in [0.2, 0.25) is 0 Å². The van der Waals surface area contributed by atoms with Gasteiger partial charge < -0.3 is 10.1 Å². The molecule has 118 valence electrons. The second kappa shape index (κ2) is 6.48. The number of nitrogens with zero attached hydrogens (tertiary/aromatic N) is 2. The van der Waals surface area contributed by atoms with Crippen LogP contribution in [0, 0.1) is 6.92 Å². The summed E-state index contributed by atoms with van der Waals surface area (Å²) in [6.07, 6.45) is 2.36. The molecule has 1 aromatic carbocycles. The van der Waals surface area contributed by atoms with Crippen LogP contribution < -0.4 is 10.2 Å². The maximum Gasteiger partial charge on any atom is 0.414 e. The van der Waals surface area contributed by atoms with Gasteiger partial charge in [0.2, 0.25) is 0 Å². The van der Waals surface area contributed by atoms with Gasteiger partial charge in [-0.1, -0.05) is 17.7 Å². The molecule has 6 heteroatoms. The SMILES string of the molecule is Cc1ccc(N2CC(CNC(=O)c3ccncc3)OC2=O)cc1. The van der Waals surface area contributed by atoms with E-state index in [1.807, 2.05) is 31.2 Å². The van der Waals surface area contributed by atoms with Gasteiger partial charge in [0, 0.05) is 23.6 Å². The number of hydrogen-bond acceptors (Lipinski definition) is 4. The number of pyridine rings is 1. The lowest BCUT2D eigenvalue weighted by Gasteiger charge is -2.13. The molecule has 2 aromatic rings. The summed E-state index contributed by atoms with van der Waals surface area (Å²) in [4.78, 5) is 29.4. The largest absolute Gasteiger partial charge is 0.442 e. The summed E-state index contributed by atoms with van der Waals surface area (Å²) in [6.45, 7) is 2.68. The van der Waals surface area contributed by atoms with E-state index in [1.54, 1.807) is 29.4 Å². The van der Waals surface area contributed by atoms with Gasteiger partial charge in [-0.15, -0.1) is 0 Å². The van der Waals surface area contributed by atoms with Crippen molar-refractivity contribution in [1.29, 1.82) is 0 Å². The highest BCUT2D eigenvalue weighted by Gasteiger charge is 2.32. The van der Waals surface area contributed by atoms with Crippen LogP contribution in [-0.2, 0) is 4.74 Å². The molecule has 2 heterocycles. The van der Waals surface area contributed by atoms with Crippen molar-refractivity contribution in [3.05, 3.63) is 59.9 Å². The summed E-state index contributed by atoms with van der Waals surface area (Å²) < 4.78 is 5.30. The molecule has 1 aromatic heterocycles. The summed E-state index contributed by atoms with van der Waals surface area (Å²) in [5.41, 5.74) is 2.45. The number of aryl methyl sites for hydroxylation is 1. The average Bonchev–Trinajstić information content (AvgIpc) is 2.95. The van der Waals surface area contributed by atoms with Crippen molar-refractivity contribution in [2.24, 2.45) is 0 Å². The molecule has 0 saturated carbocycles. The van der Waals surface area contributed by atoms with Gasteiger partial charge in [-0.05, 0) is 31.2 Å². The molecule has 0 aliphatic carbocycles. The Morgan fingerprint density at radius 2 is 1.96 bits per heavy atom. The molecular weight excluding hydrogens is 294 g/mol. The van der Waals surface area contributed by atoms with Crippen molar-refractivity contribution in [1.82, 2.24) is 10.3 Å². The minimum absolute atomic E-state index is 0.211. The first-order valence-electron chi connectivity index (χ1n) is 7.36. The number of ether oxygens (including phenoxy) is 1. The van der Waals surface area contributed by atoms with Gasteiger partial charge in [0.25, 0.3) is 5.91 Å². The van der Waals surface area contributed by atoms with E-state index in [-0.39, 0.29) is 18.6 Å². The second-order valence-corrected chi connectivity index (χ2v) is 5.40. The first-order valence-corrected chi connectivity index (χ1v) is 7.36. The number of cyclic esters (lactones) is 1. The fraction of sp³-hybridized carbons (Fsp3) is 0.235. The monoisotopic (exact) mass is 311 g/mol. The number of carbonyl (C=O) groups excluding carboxylic acids is 2. The Hall–Kier alpha value is -2.89. The normalized spacial score (nSPS) is 17.0. The zero-order valence-electron chi connectivity index (χ0n) is 12.7. The highest BCUT2D eigenvalue weighted by Crippen LogP contribution is 2.21. The van der Waals surface area contributed by atoms with E-state index in [4.69, 9.17) is 4.74 Å². The van der Waals surface area contributed by atoms with Crippen LogP contribution in [0.25, 0.3) is 0 Å². The summed E-state index contributed by atoms with van der Waals surface area (Å²) in [6, 6.07) is 10.9. The van der Waals surface area contributed by atoms with Crippen LogP contribution in [0.4, 0.5) is 10.5 Å². The Morgan fingerprint density at radius 1 is 1.26 bits per heavy atom. The van der Waals surface area contributed by atoms with E-state index in [0.717, 1.165) is 11.3 Å². The third-order valence-corrected chi connectivity index (χ3v) is 3.65. The molecule has 2 amide bonds. The van der Waals surface area contributed by atoms with Crippen LogP contribution in [0.1, 0.15) is 15.9 Å². The Kier molecular flexibility index (Phi) is 4.23. The maximum absolute atomic E-state index is 12.0. The molecule has 1 N–H and O–H groups in total. The highest BCUT2D eigenvalue weighted by molar-refractivity contribution is 5.94. The third kappa shape index (κ3) is 3.48. The number of hydrogen-bond donors (Lipinski definition) is 1. The Bertz CT molecular complexity index is 701. The number of amides is 2. The summed E-state index contributed by atoms with van der Waals surface area (Å²) in [5.74, 6) is -0.211. The molecule has 1 aliphatic rings. The Balaban J connectivity index is 1.58. The van der Waals surface area contributed by atoms with Crippen molar-refractivity contribution < 1.29 is 14.3 Å². The number of aromatic nitrogens is 1. The fourth-order valence-corrected chi connectivity index (χ4v) is 2.38. The summed E-state index contributed by atoms with van der Waals surface area (Å²) >= 11 is 0. The molecular formula is C17H17N3O3. The van der Waals surface area contributed by atoms with E-state index in [0.29, 0.717) is 12.1 Å². The fourth-order valence-electron chi connectivity index (χ4n) is 2.38. The molecule has 0 radical (unpaired) electrons. The zero-order valence-corrected chi connectivity index (χ0v) is 12.7. The van der Waals surface area contributed by atoms with E-state index < -0.39 is 6.09 Å². The minimum atomic E-state index is -0.392. The minimum Gasteiger partial charge on any atom is -0.442 e. The third-order valence-electron chi connectivity index (χ3n) is 3.65. The topological polar surface area (TPSA) is 71.5 Å². The van der Waals surface area contributed by atoms with Gasteiger partial charge in [0.1, 0.15) is 6.10 Å². The predicted molar refractivity (Wildman–Crippen MR) is 85.4 cm³/mol.